The lowest BCUT2D eigenvalue weighted by atomic mass is 10.2. The summed E-state index contributed by atoms with van der Waals surface area (Å²) in [7, 11) is 0. The lowest BCUT2D eigenvalue weighted by Crippen LogP contribution is -2.37. The number of imide groups is 1. The molecular weight excluding hydrogens is 504 g/mol. The molecule has 0 spiro atoms. The second-order valence-electron chi connectivity index (χ2n) is 6.64. The molecular formula is C22H19F2N3O6S2. The molecule has 2 aromatic carbocycles. The normalized spacial score (nSPS) is 10.5. The molecule has 0 saturated heterocycles. The number of ether oxygens (including phenoxy) is 3. The molecule has 0 bridgehead atoms. The van der Waals surface area contributed by atoms with E-state index in [2.05, 4.69) is 10.2 Å². The largest absolute Gasteiger partial charge is 0.465 e. The molecule has 13 heteroatoms. The maximum atomic E-state index is 13.1. The number of carbonyl (C=O) groups is 3. The van der Waals surface area contributed by atoms with Gasteiger partial charge in [0, 0.05) is 0 Å². The number of thioether (sulfide) groups is 1. The van der Waals surface area contributed by atoms with E-state index in [9.17, 15) is 23.2 Å². The molecule has 0 radical (unpaired) electrons. The van der Waals surface area contributed by atoms with Crippen LogP contribution in [0.2, 0.25) is 0 Å². The number of anilines is 1. The Bertz CT molecular complexity index is 1100. The standard InChI is InChI=1S/C22H19F2N3O6S2/c1-2-31-18(28)13-34-20-26-25-19(35-20)27(21(29)32-11-14-3-7-16(23)8-4-14)22(30)33-12-15-5-9-17(24)10-6-15/h3-10H,2,11-13H2,1H3. The summed E-state index contributed by atoms with van der Waals surface area (Å²) in [6.45, 7) is 1.42. The Balaban J connectivity index is 1.71. The first kappa shape index (κ1) is 26.0. The number of halogens is 2. The Kier molecular flexibility index (Phi) is 9.49. The van der Waals surface area contributed by atoms with Crippen LogP contribution in [0, 0.1) is 11.6 Å². The second-order valence-corrected chi connectivity index (χ2v) is 8.82. The number of esters is 1. The van der Waals surface area contributed by atoms with Gasteiger partial charge in [-0.3, -0.25) is 4.79 Å². The van der Waals surface area contributed by atoms with Crippen molar-refractivity contribution in [3.8, 4) is 0 Å². The number of hydrogen-bond acceptors (Lipinski definition) is 10. The summed E-state index contributed by atoms with van der Waals surface area (Å²) < 4.78 is 41.7. The summed E-state index contributed by atoms with van der Waals surface area (Å²) in [5.41, 5.74) is 0.977. The Morgan fingerprint density at radius 3 is 1.86 bits per heavy atom. The number of rotatable bonds is 9. The quantitative estimate of drug-likeness (QED) is 0.167. The van der Waals surface area contributed by atoms with E-state index in [0.717, 1.165) is 23.1 Å². The predicted octanol–water partition coefficient (Wildman–Crippen LogP) is 4.95. The average Bonchev–Trinajstić information content (AvgIpc) is 3.31. The summed E-state index contributed by atoms with van der Waals surface area (Å²) in [5.74, 6) is -1.39. The van der Waals surface area contributed by atoms with E-state index in [1.54, 1.807) is 6.92 Å². The van der Waals surface area contributed by atoms with Crippen molar-refractivity contribution in [1.82, 2.24) is 10.2 Å². The smallest absolute Gasteiger partial charge is 0.426 e. The molecule has 35 heavy (non-hydrogen) atoms. The van der Waals surface area contributed by atoms with Crippen LogP contribution in [0.4, 0.5) is 23.5 Å². The molecule has 0 aliphatic rings. The zero-order valence-corrected chi connectivity index (χ0v) is 19.9. The van der Waals surface area contributed by atoms with Gasteiger partial charge < -0.3 is 14.2 Å². The van der Waals surface area contributed by atoms with Gasteiger partial charge in [-0.15, -0.1) is 10.2 Å². The number of amides is 2. The van der Waals surface area contributed by atoms with Gasteiger partial charge in [-0.1, -0.05) is 47.4 Å². The minimum absolute atomic E-state index is 0.0352. The van der Waals surface area contributed by atoms with Crippen LogP contribution in [0.3, 0.4) is 0 Å². The highest BCUT2D eigenvalue weighted by Crippen LogP contribution is 2.29. The van der Waals surface area contributed by atoms with Gasteiger partial charge in [-0.05, 0) is 42.3 Å². The minimum atomic E-state index is -1.10. The summed E-state index contributed by atoms with van der Waals surface area (Å²) in [6.07, 6.45) is -2.20. The Morgan fingerprint density at radius 1 is 0.857 bits per heavy atom. The number of aromatic nitrogens is 2. The van der Waals surface area contributed by atoms with Crippen molar-refractivity contribution in [2.45, 2.75) is 24.5 Å². The molecule has 0 N–H and O–H groups in total. The highest BCUT2D eigenvalue weighted by Gasteiger charge is 2.31. The molecule has 0 fully saturated rings. The molecule has 1 heterocycles. The second kappa shape index (κ2) is 12.8. The van der Waals surface area contributed by atoms with Crippen LogP contribution in [0.5, 0.6) is 0 Å². The van der Waals surface area contributed by atoms with Crippen LogP contribution < -0.4 is 4.90 Å². The van der Waals surface area contributed by atoms with Crippen molar-refractivity contribution < 1.29 is 37.4 Å². The molecule has 0 atom stereocenters. The van der Waals surface area contributed by atoms with Crippen LogP contribution in [0.15, 0.2) is 52.9 Å². The van der Waals surface area contributed by atoms with Crippen LogP contribution in [-0.2, 0) is 32.2 Å². The Hall–Kier alpha value is -3.58. The molecule has 0 unspecified atom stereocenters. The van der Waals surface area contributed by atoms with Gasteiger partial charge in [0.15, 0.2) is 4.34 Å². The zero-order chi connectivity index (χ0) is 25.2. The summed E-state index contributed by atoms with van der Waals surface area (Å²) in [4.78, 5) is 37.7. The topological polar surface area (TPSA) is 108 Å². The van der Waals surface area contributed by atoms with Gasteiger partial charge in [0.05, 0.1) is 12.4 Å². The molecule has 9 nitrogen and oxygen atoms in total. The molecule has 0 aliphatic heterocycles. The molecule has 2 amide bonds. The highest BCUT2D eigenvalue weighted by atomic mass is 32.2. The zero-order valence-electron chi connectivity index (χ0n) is 18.3. The van der Waals surface area contributed by atoms with E-state index in [0.29, 0.717) is 20.4 Å². The van der Waals surface area contributed by atoms with Crippen molar-refractivity contribution in [2.24, 2.45) is 0 Å². The van der Waals surface area contributed by atoms with Gasteiger partial charge in [0.2, 0.25) is 5.13 Å². The van der Waals surface area contributed by atoms with Crippen molar-refractivity contribution in [2.75, 3.05) is 17.3 Å². The fourth-order valence-corrected chi connectivity index (χ4v) is 4.10. The van der Waals surface area contributed by atoms with Gasteiger partial charge >= 0.3 is 18.2 Å². The third-order valence-corrected chi connectivity index (χ3v) is 6.14. The lowest BCUT2D eigenvalue weighted by Gasteiger charge is -2.17. The van der Waals surface area contributed by atoms with Gasteiger partial charge in [0.25, 0.3) is 0 Å². The third-order valence-electron chi connectivity index (χ3n) is 4.12. The van der Waals surface area contributed by atoms with Gasteiger partial charge in [-0.2, -0.15) is 4.90 Å². The van der Waals surface area contributed by atoms with E-state index >= 15 is 0 Å². The summed E-state index contributed by atoms with van der Waals surface area (Å²) in [5, 5.41) is 7.56. The molecule has 1 aromatic heterocycles. The van der Waals surface area contributed by atoms with E-state index in [1.807, 2.05) is 0 Å². The maximum Gasteiger partial charge on any atom is 0.426 e. The number of nitrogens with zero attached hydrogens (tertiary/aromatic N) is 3. The Morgan fingerprint density at radius 2 is 1.37 bits per heavy atom. The van der Waals surface area contributed by atoms with Crippen LogP contribution >= 0.6 is 23.1 Å². The third kappa shape index (κ3) is 8.00. The maximum absolute atomic E-state index is 13.1. The number of benzene rings is 2. The number of hydrogen-bond donors (Lipinski definition) is 0. The first-order chi connectivity index (χ1) is 16.9. The Labute approximate surface area is 207 Å². The van der Waals surface area contributed by atoms with E-state index in [1.165, 1.54) is 48.5 Å². The summed E-state index contributed by atoms with van der Waals surface area (Å²) >= 11 is 1.88. The molecule has 3 aromatic rings. The number of carbonyl (C=O) groups excluding carboxylic acids is 3. The van der Waals surface area contributed by atoms with Crippen molar-refractivity contribution in [3.05, 3.63) is 71.3 Å². The van der Waals surface area contributed by atoms with Gasteiger partial charge in [0.1, 0.15) is 24.8 Å². The predicted molar refractivity (Wildman–Crippen MR) is 123 cm³/mol. The van der Waals surface area contributed by atoms with Crippen LogP contribution in [0.25, 0.3) is 0 Å². The first-order valence-electron chi connectivity index (χ1n) is 10.1. The SMILES string of the molecule is CCOC(=O)CSc1nnc(N(C(=O)OCc2ccc(F)cc2)C(=O)OCc2ccc(F)cc2)s1. The first-order valence-corrected chi connectivity index (χ1v) is 11.9. The van der Waals surface area contributed by atoms with E-state index in [-0.39, 0.29) is 30.7 Å². The average molecular weight is 524 g/mol. The van der Waals surface area contributed by atoms with Crippen molar-refractivity contribution >= 4 is 46.4 Å². The van der Waals surface area contributed by atoms with Gasteiger partial charge in [-0.25, -0.2) is 18.4 Å². The summed E-state index contributed by atoms with van der Waals surface area (Å²) in [6, 6.07) is 10.5. The highest BCUT2D eigenvalue weighted by molar-refractivity contribution is 8.01. The lowest BCUT2D eigenvalue weighted by molar-refractivity contribution is -0.139. The van der Waals surface area contributed by atoms with E-state index < -0.39 is 29.8 Å². The van der Waals surface area contributed by atoms with Crippen LogP contribution in [0.1, 0.15) is 18.1 Å². The molecule has 3 rings (SSSR count). The monoisotopic (exact) mass is 523 g/mol. The van der Waals surface area contributed by atoms with Crippen LogP contribution in [-0.4, -0.2) is 40.7 Å². The molecule has 184 valence electrons. The molecule has 0 aliphatic carbocycles. The van der Waals surface area contributed by atoms with Crippen molar-refractivity contribution in [3.63, 3.8) is 0 Å². The minimum Gasteiger partial charge on any atom is -0.465 e. The fraction of sp³-hybridized carbons (Fsp3) is 0.227. The fourth-order valence-electron chi connectivity index (χ4n) is 2.49. The molecule has 0 saturated carbocycles. The van der Waals surface area contributed by atoms with E-state index in [4.69, 9.17) is 14.2 Å². The van der Waals surface area contributed by atoms with Crippen molar-refractivity contribution in [1.29, 1.82) is 0 Å².